The predicted octanol–water partition coefficient (Wildman–Crippen LogP) is 3.92. The van der Waals surface area contributed by atoms with E-state index in [0.29, 0.717) is 5.82 Å². The number of aromatic amines is 1. The molecule has 1 aliphatic carbocycles. The van der Waals surface area contributed by atoms with Crippen LogP contribution in [0.4, 0.5) is 0 Å². The Bertz CT molecular complexity index is 841. The van der Waals surface area contributed by atoms with Crippen molar-refractivity contribution in [2.24, 2.45) is 0 Å². The van der Waals surface area contributed by atoms with E-state index in [2.05, 4.69) is 54.1 Å². The summed E-state index contributed by atoms with van der Waals surface area (Å²) in [5.41, 5.74) is 6.44. The minimum absolute atomic E-state index is 0.141. The topological polar surface area (TPSA) is 70.6 Å². The normalized spacial score (nSPS) is 14.9. The Hall–Kier alpha value is -2.50. The van der Waals surface area contributed by atoms with Crippen molar-refractivity contribution >= 4 is 5.57 Å². The van der Waals surface area contributed by atoms with E-state index >= 15 is 0 Å². The van der Waals surface area contributed by atoms with Crippen LogP contribution < -0.4 is 0 Å². The Kier molecular flexibility index (Phi) is 5.44. The molecule has 0 amide bonds. The second-order valence-corrected chi connectivity index (χ2v) is 8.49. The molecule has 1 N–H and O–H groups in total. The highest BCUT2D eigenvalue weighted by Crippen LogP contribution is 2.40. The fourth-order valence-electron chi connectivity index (χ4n) is 3.62. The van der Waals surface area contributed by atoms with Crippen LogP contribution in [0, 0.1) is 0 Å². The van der Waals surface area contributed by atoms with E-state index in [0.717, 1.165) is 35.2 Å². The standard InChI is InChI=1S/C21H30N6/c1-14(12-13-27(5)6)17-15-10-8-7-9-11-16(15)22-19(21(2,3)4)18(17)20-23-25-26-24-20/h12-13H,1,7-11H2,2-6H3,(H,23,24,25,26)/b13-12-. The third kappa shape index (κ3) is 4.10. The van der Waals surface area contributed by atoms with Crippen LogP contribution in [0.25, 0.3) is 17.0 Å². The molecule has 2 aromatic rings. The van der Waals surface area contributed by atoms with Gasteiger partial charge in [0.15, 0.2) is 0 Å². The Morgan fingerprint density at radius 3 is 2.52 bits per heavy atom. The molecular formula is C21H30N6. The first-order valence-corrected chi connectivity index (χ1v) is 9.63. The van der Waals surface area contributed by atoms with Gasteiger partial charge in [-0.05, 0) is 59.9 Å². The van der Waals surface area contributed by atoms with Crippen molar-refractivity contribution in [2.45, 2.75) is 58.3 Å². The molecule has 0 unspecified atom stereocenters. The fraction of sp³-hybridized carbons (Fsp3) is 0.524. The second-order valence-electron chi connectivity index (χ2n) is 8.49. The SMILES string of the molecule is C=C(/C=C\N(C)C)c1c2c(nc(C(C)(C)C)c1-c1nn[nH]n1)CCCCC2. The fourth-order valence-corrected chi connectivity index (χ4v) is 3.62. The number of allylic oxidation sites excluding steroid dienone is 2. The summed E-state index contributed by atoms with van der Waals surface area (Å²) in [6.45, 7) is 11.0. The number of tetrazole rings is 1. The second kappa shape index (κ2) is 7.62. The largest absolute Gasteiger partial charge is 0.383 e. The number of nitrogens with zero attached hydrogens (tertiary/aromatic N) is 5. The van der Waals surface area contributed by atoms with Gasteiger partial charge in [0.2, 0.25) is 5.82 Å². The van der Waals surface area contributed by atoms with Gasteiger partial charge in [0.1, 0.15) is 0 Å². The van der Waals surface area contributed by atoms with E-state index in [1.54, 1.807) is 0 Å². The maximum Gasteiger partial charge on any atom is 0.207 e. The maximum absolute atomic E-state index is 5.14. The highest BCUT2D eigenvalue weighted by atomic mass is 15.5. The molecule has 1 aliphatic rings. The summed E-state index contributed by atoms with van der Waals surface area (Å²) in [7, 11) is 4.02. The number of rotatable bonds is 4. The maximum atomic E-state index is 5.14. The van der Waals surface area contributed by atoms with Crippen molar-refractivity contribution in [3.63, 3.8) is 0 Å². The van der Waals surface area contributed by atoms with E-state index < -0.39 is 0 Å². The van der Waals surface area contributed by atoms with Crippen LogP contribution in [0.1, 0.15) is 62.5 Å². The first-order chi connectivity index (χ1) is 12.8. The quantitative estimate of drug-likeness (QED) is 0.656. The van der Waals surface area contributed by atoms with Gasteiger partial charge in [-0.2, -0.15) is 5.21 Å². The van der Waals surface area contributed by atoms with E-state index in [-0.39, 0.29) is 5.41 Å². The van der Waals surface area contributed by atoms with Gasteiger partial charge in [0.05, 0.1) is 11.3 Å². The minimum atomic E-state index is -0.141. The van der Waals surface area contributed by atoms with Crippen molar-refractivity contribution in [3.05, 3.63) is 41.4 Å². The van der Waals surface area contributed by atoms with Crippen LogP contribution in [-0.2, 0) is 18.3 Å². The van der Waals surface area contributed by atoms with Gasteiger partial charge >= 0.3 is 0 Å². The van der Waals surface area contributed by atoms with Gasteiger partial charge in [0.25, 0.3) is 0 Å². The lowest BCUT2D eigenvalue weighted by Crippen LogP contribution is -2.20. The lowest BCUT2D eigenvalue weighted by atomic mass is 9.82. The number of H-pyrrole nitrogens is 1. The van der Waals surface area contributed by atoms with Crippen LogP contribution in [0.5, 0.6) is 0 Å². The first kappa shape index (κ1) is 19.3. The Balaban J connectivity index is 2.33. The molecule has 0 bridgehead atoms. The first-order valence-electron chi connectivity index (χ1n) is 9.63. The van der Waals surface area contributed by atoms with Crippen molar-refractivity contribution in [2.75, 3.05) is 14.1 Å². The van der Waals surface area contributed by atoms with Gasteiger partial charge in [-0.1, -0.05) is 33.8 Å². The number of fused-ring (bicyclic) bond motifs is 1. The number of pyridine rings is 1. The number of aromatic nitrogens is 5. The van der Waals surface area contributed by atoms with Gasteiger partial charge in [-0.25, -0.2) is 0 Å². The summed E-state index contributed by atoms with van der Waals surface area (Å²) in [4.78, 5) is 7.16. The highest BCUT2D eigenvalue weighted by molar-refractivity contribution is 5.86. The van der Waals surface area contributed by atoms with Crippen molar-refractivity contribution in [3.8, 4) is 11.4 Å². The minimum Gasteiger partial charge on any atom is -0.383 e. The van der Waals surface area contributed by atoms with Crippen LogP contribution in [0.2, 0.25) is 0 Å². The van der Waals surface area contributed by atoms with Crippen LogP contribution >= 0.6 is 0 Å². The zero-order valence-electron chi connectivity index (χ0n) is 17.1. The highest BCUT2D eigenvalue weighted by Gasteiger charge is 2.30. The molecular weight excluding hydrogens is 336 g/mol. The van der Waals surface area contributed by atoms with Crippen LogP contribution in [-0.4, -0.2) is 44.6 Å². The molecule has 0 radical (unpaired) electrons. The molecule has 6 nitrogen and oxygen atoms in total. The van der Waals surface area contributed by atoms with E-state index in [4.69, 9.17) is 4.98 Å². The summed E-state index contributed by atoms with van der Waals surface area (Å²) in [6.07, 6.45) is 9.72. The molecule has 0 saturated carbocycles. The van der Waals surface area contributed by atoms with Crippen molar-refractivity contribution in [1.29, 1.82) is 0 Å². The lowest BCUT2D eigenvalue weighted by molar-refractivity contribution is 0.563. The third-order valence-electron chi connectivity index (χ3n) is 4.90. The van der Waals surface area contributed by atoms with Gasteiger partial charge in [0, 0.05) is 25.2 Å². The van der Waals surface area contributed by atoms with E-state index in [1.807, 2.05) is 25.2 Å². The van der Waals surface area contributed by atoms with E-state index in [1.165, 1.54) is 30.5 Å². The number of hydrogen-bond donors (Lipinski definition) is 1. The third-order valence-corrected chi connectivity index (χ3v) is 4.90. The number of nitrogens with one attached hydrogen (secondary N) is 1. The molecule has 0 aliphatic heterocycles. The molecule has 144 valence electrons. The number of hydrogen-bond acceptors (Lipinski definition) is 5. The van der Waals surface area contributed by atoms with Gasteiger partial charge < -0.3 is 4.90 Å². The Morgan fingerprint density at radius 2 is 1.89 bits per heavy atom. The Morgan fingerprint density at radius 1 is 1.15 bits per heavy atom. The lowest BCUT2D eigenvalue weighted by Gasteiger charge is -2.26. The molecule has 0 saturated heterocycles. The monoisotopic (exact) mass is 366 g/mol. The molecule has 3 rings (SSSR count). The molecule has 0 atom stereocenters. The molecule has 0 aromatic carbocycles. The summed E-state index contributed by atoms with van der Waals surface area (Å²) < 4.78 is 0. The number of aryl methyl sites for hydroxylation is 1. The molecule has 2 heterocycles. The van der Waals surface area contributed by atoms with Gasteiger partial charge in [-0.3, -0.25) is 4.98 Å². The zero-order valence-corrected chi connectivity index (χ0v) is 17.1. The summed E-state index contributed by atoms with van der Waals surface area (Å²) >= 11 is 0. The average molecular weight is 367 g/mol. The molecule has 0 spiro atoms. The van der Waals surface area contributed by atoms with Crippen molar-refractivity contribution in [1.82, 2.24) is 30.5 Å². The molecule has 2 aromatic heterocycles. The smallest absolute Gasteiger partial charge is 0.207 e. The van der Waals surface area contributed by atoms with Crippen molar-refractivity contribution < 1.29 is 0 Å². The summed E-state index contributed by atoms with van der Waals surface area (Å²) in [6, 6.07) is 0. The average Bonchev–Trinajstić information content (AvgIpc) is 3.02. The summed E-state index contributed by atoms with van der Waals surface area (Å²) in [5.74, 6) is 0.592. The molecule has 6 heteroatoms. The molecule has 0 fully saturated rings. The summed E-state index contributed by atoms with van der Waals surface area (Å²) in [5, 5.41) is 15.0. The van der Waals surface area contributed by atoms with Gasteiger partial charge in [-0.15, -0.1) is 10.2 Å². The predicted molar refractivity (Wildman–Crippen MR) is 109 cm³/mol. The van der Waals surface area contributed by atoms with Crippen LogP contribution in [0.3, 0.4) is 0 Å². The van der Waals surface area contributed by atoms with Crippen LogP contribution in [0.15, 0.2) is 18.9 Å². The van der Waals surface area contributed by atoms with E-state index in [9.17, 15) is 0 Å². The zero-order chi connectivity index (χ0) is 19.6. The Labute approximate surface area is 161 Å². The molecule has 27 heavy (non-hydrogen) atoms.